The summed E-state index contributed by atoms with van der Waals surface area (Å²) in [4.78, 5) is 0. The van der Waals surface area contributed by atoms with E-state index in [0.717, 1.165) is 12.8 Å². The maximum absolute atomic E-state index is 10.7. The van der Waals surface area contributed by atoms with E-state index in [1.54, 1.807) is 0 Å². The molecule has 0 fully saturated rings. The Morgan fingerprint density at radius 1 is 1.36 bits per heavy atom. The Morgan fingerprint density at radius 2 is 1.93 bits per heavy atom. The van der Waals surface area contributed by atoms with Gasteiger partial charge in [0, 0.05) is 0 Å². The molecule has 2 N–H and O–H groups in total. The molecule has 7 heteroatoms. The second-order valence-corrected chi connectivity index (χ2v) is 5.86. The van der Waals surface area contributed by atoms with E-state index >= 15 is 0 Å². The second-order valence-electron chi connectivity index (χ2n) is 3.14. The lowest BCUT2D eigenvalue weighted by molar-refractivity contribution is 0.474. The molecule has 5 nitrogen and oxygen atoms in total. The summed E-state index contributed by atoms with van der Waals surface area (Å²) < 4.78 is 49.0. The standard InChI is InChI=1S/C7H16O5S2/c1-2-3-4-5-7(13(8)9)6-14(10,11)12/h7H,2-6H2,1H3,(H,8,9)(H,10,11,12). The molecule has 0 aliphatic heterocycles. The quantitative estimate of drug-likeness (QED) is 0.396. The Labute approximate surface area is 86.9 Å². The van der Waals surface area contributed by atoms with Crippen LogP contribution in [0.4, 0.5) is 0 Å². The second kappa shape index (κ2) is 6.49. The fraction of sp³-hybridized carbons (Fsp3) is 1.00. The fourth-order valence-electron chi connectivity index (χ4n) is 1.10. The van der Waals surface area contributed by atoms with Crippen LogP contribution in [0.25, 0.3) is 0 Å². The Kier molecular flexibility index (Phi) is 6.50. The molecule has 0 aliphatic rings. The van der Waals surface area contributed by atoms with Crippen LogP contribution in [0.1, 0.15) is 32.6 Å². The summed E-state index contributed by atoms with van der Waals surface area (Å²) >= 11 is -2.19. The van der Waals surface area contributed by atoms with Crippen molar-refractivity contribution in [1.29, 1.82) is 0 Å². The molecule has 0 aromatic rings. The van der Waals surface area contributed by atoms with Gasteiger partial charge in [-0.2, -0.15) is 8.42 Å². The monoisotopic (exact) mass is 244 g/mol. The van der Waals surface area contributed by atoms with Crippen molar-refractivity contribution in [1.82, 2.24) is 0 Å². The molecule has 0 spiro atoms. The van der Waals surface area contributed by atoms with E-state index in [2.05, 4.69) is 0 Å². The predicted molar refractivity (Wildman–Crippen MR) is 55.1 cm³/mol. The van der Waals surface area contributed by atoms with Gasteiger partial charge < -0.3 is 4.55 Å². The zero-order valence-corrected chi connectivity index (χ0v) is 9.68. The third-order valence-corrected chi connectivity index (χ3v) is 3.82. The van der Waals surface area contributed by atoms with Crippen molar-refractivity contribution in [3.8, 4) is 0 Å². The molecule has 0 saturated carbocycles. The minimum absolute atomic E-state index is 0.344. The number of unbranched alkanes of at least 4 members (excludes halogenated alkanes) is 2. The average Bonchev–Trinajstić information content (AvgIpc) is 2.00. The minimum Gasteiger partial charge on any atom is -0.306 e. The highest BCUT2D eigenvalue weighted by Gasteiger charge is 2.21. The van der Waals surface area contributed by atoms with Gasteiger partial charge in [0.2, 0.25) is 0 Å². The first-order chi connectivity index (χ1) is 6.37. The normalized spacial score (nSPS) is 16.5. The summed E-state index contributed by atoms with van der Waals surface area (Å²) in [7, 11) is -4.16. The molecule has 0 aromatic heterocycles. The number of hydrogen-bond acceptors (Lipinski definition) is 3. The van der Waals surface area contributed by atoms with Gasteiger partial charge in [0.25, 0.3) is 10.1 Å². The van der Waals surface area contributed by atoms with E-state index in [4.69, 9.17) is 9.11 Å². The Balaban J connectivity index is 4.11. The summed E-state index contributed by atoms with van der Waals surface area (Å²) in [6.07, 6.45) is 2.88. The average molecular weight is 244 g/mol. The molecule has 0 rings (SSSR count). The van der Waals surface area contributed by atoms with Gasteiger partial charge in [-0.25, -0.2) is 4.21 Å². The third-order valence-electron chi connectivity index (χ3n) is 1.81. The van der Waals surface area contributed by atoms with Gasteiger partial charge in [0.05, 0.1) is 11.0 Å². The Bertz CT molecular complexity index is 272. The van der Waals surface area contributed by atoms with E-state index in [1.807, 2.05) is 6.92 Å². The molecule has 14 heavy (non-hydrogen) atoms. The third kappa shape index (κ3) is 7.43. The lowest BCUT2D eigenvalue weighted by atomic mass is 10.2. The van der Waals surface area contributed by atoms with Gasteiger partial charge in [-0.05, 0) is 6.42 Å². The lowest BCUT2D eigenvalue weighted by Gasteiger charge is -2.10. The molecule has 0 heterocycles. The summed E-state index contributed by atoms with van der Waals surface area (Å²) in [5.74, 6) is -0.639. The van der Waals surface area contributed by atoms with Crippen molar-refractivity contribution in [2.75, 3.05) is 5.75 Å². The lowest BCUT2D eigenvalue weighted by Crippen LogP contribution is -2.25. The molecule has 86 valence electrons. The first kappa shape index (κ1) is 14.0. The van der Waals surface area contributed by atoms with Gasteiger partial charge in [0.15, 0.2) is 11.1 Å². The van der Waals surface area contributed by atoms with Crippen LogP contribution in [0.15, 0.2) is 0 Å². The van der Waals surface area contributed by atoms with Crippen molar-refractivity contribution < 1.29 is 21.7 Å². The molecule has 0 radical (unpaired) electrons. The van der Waals surface area contributed by atoms with Gasteiger partial charge in [0.1, 0.15) is 0 Å². The van der Waals surface area contributed by atoms with Crippen LogP contribution in [0.5, 0.6) is 0 Å². The largest absolute Gasteiger partial charge is 0.306 e. The van der Waals surface area contributed by atoms with Crippen LogP contribution in [0, 0.1) is 0 Å². The Hall–Kier alpha value is 0.0200. The van der Waals surface area contributed by atoms with Crippen LogP contribution in [-0.2, 0) is 21.2 Å². The number of rotatable bonds is 7. The van der Waals surface area contributed by atoms with E-state index in [0.29, 0.717) is 12.8 Å². The fourth-order valence-corrected chi connectivity index (χ4v) is 3.09. The zero-order chi connectivity index (χ0) is 11.2. The van der Waals surface area contributed by atoms with Crippen molar-refractivity contribution in [2.24, 2.45) is 0 Å². The highest BCUT2D eigenvalue weighted by molar-refractivity contribution is 7.87. The topological polar surface area (TPSA) is 91.7 Å². The summed E-state index contributed by atoms with van der Waals surface area (Å²) in [5.41, 5.74) is 0. The van der Waals surface area contributed by atoms with Crippen LogP contribution in [0.3, 0.4) is 0 Å². The predicted octanol–water partition coefficient (Wildman–Crippen LogP) is 1.04. The van der Waals surface area contributed by atoms with Crippen LogP contribution >= 0.6 is 0 Å². The molecular weight excluding hydrogens is 228 g/mol. The first-order valence-electron chi connectivity index (χ1n) is 4.41. The van der Waals surface area contributed by atoms with Crippen molar-refractivity contribution in [3.63, 3.8) is 0 Å². The van der Waals surface area contributed by atoms with Gasteiger partial charge in [-0.15, -0.1) is 0 Å². The highest BCUT2D eigenvalue weighted by Crippen LogP contribution is 2.09. The maximum atomic E-state index is 10.7. The molecule has 0 bridgehead atoms. The van der Waals surface area contributed by atoms with Crippen LogP contribution in [-0.4, -0.2) is 32.7 Å². The van der Waals surface area contributed by atoms with Crippen molar-refractivity contribution in [2.45, 2.75) is 37.9 Å². The Morgan fingerprint density at radius 3 is 2.29 bits per heavy atom. The SMILES string of the molecule is CCCCCC(CS(=O)(=O)O)S(=O)O. The highest BCUT2D eigenvalue weighted by atomic mass is 32.2. The van der Waals surface area contributed by atoms with Gasteiger partial charge in [-0.3, -0.25) is 4.55 Å². The summed E-state index contributed by atoms with van der Waals surface area (Å²) in [6, 6.07) is 0. The van der Waals surface area contributed by atoms with Crippen molar-refractivity contribution >= 4 is 21.2 Å². The van der Waals surface area contributed by atoms with E-state index < -0.39 is 32.2 Å². The van der Waals surface area contributed by atoms with E-state index in [-0.39, 0.29) is 0 Å². The molecule has 0 saturated heterocycles. The number of hydrogen-bond donors (Lipinski definition) is 2. The van der Waals surface area contributed by atoms with Gasteiger partial charge >= 0.3 is 0 Å². The molecule has 0 aromatic carbocycles. The zero-order valence-electron chi connectivity index (χ0n) is 8.05. The maximum Gasteiger partial charge on any atom is 0.266 e. The van der Waals surface area contributed by atoms with E-state index in [9.17, 15) is 12.6 Å². The van der Waals surface area contributed by atoms with E-state index in [1.165, 1.54) is 0 Å². The molecule has 2 unspecified atom stereocenters. The molecule has 0 amide bonds. The molecule has 0 aliphatic carbocycles. The molecule has 2 atom stereocenters. The smallest absolute Gasteiger partial charge is 0.266 e. The van der Waals surface area contributed by atoms with Crippen LogP contribution in [0.2, 0.25) is 0 Å². The summed E-state index contributed by atoms with van der Waals surface area (Å²) in [5, 5.41) is -0.878. The first-order valence-corrected chi connectivity index (χ1v) is 7.19. The summed E-state index contributed by atoms with van der Waals surface area (Å²) in [6.45, 7) is 1.98. The minimum atomic E-state index is -4.16. The molecular formula is C7H16O5S2. The van der Waals surface area contributed by atoms with Crippen molar-refractivity contribution in [3.05, 3.63) is 0 Å². The van der Waals surface area contributed by atoms with Gasteiger partial charge in [-0.1, -0.05) is 26.2 Å². The van der Waals surface area contributed by atoms with Crippen LogP contribution < -0.4 is 0 Å².